The topological polar surface area (TPSA) is 86.8 Å². The molecule has 2 amide bonds. The SMILES string of the molecule is CCCCNC(=O)C(CC)N(Cc1cccc(C)c1)C(=O)CN(c1ccc(C)cc1)S(C)(=O)=O. The molecule has 1 atom stereocenters. The first-order chi connectivity index (χ1) is 16.1. The van der Waals surface area contributed by atoms with Gasteiger partial charge in [0, 0.05) is 13.1 Å². The third-order valence-electron chi connectivity index (χ3n) is 5.65. The van der Waals surface area contributed by atoms with Crippen LogP contribution in [-0.4, -0.2) is 50.5 Å². The molecule has 2 aromatic rings. The Hall–Kier alpha value is -2.87. The fourth-order valence-electron chi connectivity index (χ4n) is 3.76. The number of carbonyl (C=O) groups excluding carboxylic acids is 2. The van der Waals surface area contributed by atoms with Gasteiger partial charge in [-0.25, -0.2) is 8.42 Å². The maximum atomic E-state index is 13.6. The summed E-state index contributed by atoms with van der Waals surface area (Å²) in [5.74, 6) is -0.650. The fourth-order valence-corrected chi connectivity index (χ4v) is 4.61. The Bertz CT molecular complexity index is 1070. The summed E-state index contributed by atoms with van der Waals surface area (Å²) in [5.41, 5.74) is 3.33. The van der Waals surface area contributed by atoms with Crippen molar-refractivity contribution >= 4 is 27.5 Å². The van der Waals surface area contributed by atoms with E-state index in [2.05, 4.69) is 5.32 Å². The molecule has 0 aliphatic rings. The van der Waals surface area contributed by atoms with Crippen molar-refractivity contribution < 1.29 is 18.0 Å². The first-order valence-electron chi connectivity index (χ1n) is 11.7. The number of hydrogen-bond acceptors (Lipinski definition) is 4. The second-order valence-electron chi connectivity index (χ2n) is 8.68. The number of unbranched alkanes of at least 4 members (excludes halogenated alkanes) is 1. The number of benzene rings is 2. The summed E-state index contributed by atoms with van der Waals surface area (Å²) in [6.07, 6.45) is 3.30. The number of nitrogens with zero attached hydrogens (tertiary/aromatic N) is 2. The van der Waals surface area contributed by atoms with Crippen molar-refractivity contribution in [3.05, 3.63) is 65.2 Å². The van der Waals surface area contributed by atoms with Gasteiger partial charge in [-0.15, -0.1) is 0 Å². The van der Waals surface area contributed by atoms with E-state index >= 15 is 0 Å². The molecule has 0 fully saturated rings. The number of aryl methyl sites for hydroxylation is 2. The number of sulfonamides is 1. The molecule has 34 heavy (non-hydrogen) atoms. The smallest absolute Gasteiger partial charge is 0.244 e. The van der Waals surface area contributed by atoms with Crippen molar-refractivity contribution in [2.75, 3.05) is 23.7 Å². The van der Waals surface area contributed by atoms with Gasteiger partial charge < -0.3 is 10.2 Å². The van der Waals surface area contributed by atoms with E-state index in [4.69, 9.17) is 0 Å². The van der Waals surface area contributed by atoms with Crippen LogP contribution in [0.4, 0.5) is 5.69 Å². The zero-order chi connectivity index (χ0) is 25.3. The third-order valence-corrected chi connectivity index (χ3v) is 6.79. The summed E-state index contributed by atoms with van der Waals surface area (Å²) < 4.78 is 26.3. The van der Waals surface area contributed by atoms with E-state index in [9.17, 15) is 18.0 Å². The second-order valence-corrected chi connectivity index (χ2v) is 10.6. The molecule has 0 radical (unpaired) electrons. The van der Waals surface area contributed by atoms with Gasteiger partial charge in [-0.3, -0.25) is 13.9 Å². The fraction of sp³-hybridized carbons (Fsp3) is 0.462. The highest BCUT2D eigenvalue weighted by Gasteiger charge is 2.31. The van der Waals surface area contributed by atoms with Gasteiger partial charge in [-0.2, -0.15) is 0 Å². The molecular weight excluding hydrogens is 450 g/mol. The molecular formula is C26H37N3O4S. The molecule has 0 aromatic heterocycles. The molecule has 7 nitrogen and oxygen atoms in total. The van der Waals surface area contributed by atoms with Crippen LogP contribution in [0.2, 0.25) is 0 Å². The minimum Gasteiger partial charge on any atom is -0.354 e. The lowest BCUT2D eigenvalue weighted by Crippen LogP contribution is -2.52. The van der Waals surface area contributed by atoms with E-state index in [0.717, 1.165) is 40.1 Å². The molecule has 0 spiro atoms. The number of hydrogen-bond donors (Lipinski definition) is 1. The molecule has 1 unspecified atom stereocenters. The van der Waals surface area contributed by atoms with Crippen molar-refractivity contribution in [1.29, 1.82) is 0 Å². The van der Waals surface area contributed by atoms with Gasteiger partial charge in [-0.05, 0) is 44.4 Å². The molecule has 2 aromatic carbocycles. The summed E-state index contributed by atoms with van der Waals surface area (Å²) in [7, 11) is -3.72. The zero-order valence-corrected chi connectivity index (χ0v) is 21.7. The minimum atomic E-state index is -3.72. The molecule has 186 valence electrons. The maximum Gasteiger partial charge on any atom is 0.244 e. The highest BCUT2D eigenvalue weighted by molar-refractivity contribution is 7.92. The summed E-state index contributed by atoms with van der Waals surface area (Å²) in [4.78, 5) is 28.1. The molecule has 0 heterocycles. The average molecular weight is 488 g/mol. The summed E-state index contributed by atoms with van der Waals surface area (Å²) >= 11 is 0. The van der Waals surface area contributed by atoms with Crippen LogP contribution >= 0.6 is 0 Å². The van der Waals surface area contributed by atoms with E-state index in [1.807, 2.05) is 52.0 Å². The van der Waals surface area contributed by atoms with Crippen molar-refractivity contribution in [2.24, 2.45) is 0 Å². The van der Waals surface area contributed by atoms with Gasteiger partial charge in [0.1, 0.15) is 12.6 Å². The maximum absolute atomic E-state index is 13.6. The Morgan fingerprint density at radius 2 is 1.68 bits per heavy atom. The van der Waals surface area contributed by atoms with Crippen LogP contribution < -0.4 is 9.62 Å². The lowest BCUT2D eigenvalue weighted by molar-refractivity contribution is -0.140. The summed E-state index contributed by atoms with van der Waals surface area (Å²) in [6.45, 7) is 8.14. The number of rotatable bonds is 12. The van der Waals surface area contributed by atoms with Crippen LogP contribution in [0.5, 0.6) is 0 Å². The largest absolute Gasteiger partial charge is 0.354 e. The second kappa shape index (κ2) is 12.6. The molecule has 0 aliphatic heterocycles. The minimum absolute atomic E-state index is 0.214. The molecule has 2 rings (SSSR count). The van der Waals surface area contributed by atoms with Crippen LogP contribution in [0.25, 0.3) is 0 Å². The van der Waals surface area contributed by atoms with Gasteiger partial charge in [-0.1, -0.05) is 67.8 Å². The molecule has 0 bridgehead atoms. The van der Waals surface area contributed by atoms with Crippen molar-refractivity contribution in [1.82, 2.24) is 10.2 Å². The van der Waals surface area contributed by atoms with Crippen molar-refractivity contribution in [3.63, 3.8) is 0 Å². The normalized spacial score (nSPS) is 12.1. The van der Waals surface area contributed by atoms with Gasteiger partial charge in [0.05, 0.1) is 11.9 Å². The Morgan fingerprint density at radius 1 is 1.00 bits per heavy atom. The Balaban J connectivity index is 2.39. The van der Waals surface area contributed by atoms with E-state index in [1.54, 1.807) is 24.3 Å². The number of anilines is 1. The highest BCUT2D eigenvalue weighted by atomic mass is 32.2. The summed E-state index contributed by atoms with van der Waals surface area (Å²) in [6, 6.07) is 14.0. The lowest BCUT2D eigenvalue weighted by Gasteiger charge is -2.33. The highest BCUT2D eigenvalue weighted by Crippen LogP contribution is 2.20. The Morgan fingerprint density at radius 3 is 2.24 bits per heavy atom. The van der Waals surface area contributed by atoms with Gasteiger partial charge in [0.25, 0.3) is 0 Å². The van der Waals surface area contributed by atoms with Crippen LogP contribution in [0, 0.1) is 13.8 Å². The lowest BCUT2D eigenvalue weighted by atomic mass is 10.1. The van der Waals surface area contributed by atoms with Crippen molar-refractivity contribution in [3.8, 4) is 0 Å². The van der Waals surface area contributed by atoms with Crippen LogP contribution in [0.3, 0.4) is 0 Å². The monoisotopic (exact) mass is 487 g/mol. The van der Waals surface area contributed by atoms with Crippen molar-refractivity contribution in [2.45, 2.75) is 59.5 Å². The van der Waals surface area contributed by atoms with Crippen LogP contribution in [0.15, 0.2) is 48.5 Å². The first kappa shape index (κ1) is 27.4. The molecule has 8 heteroatoms. The third kappa shape index (κ3) is 7.87. The average Bonchev–Trinajstić information content (AvgIpc) is 2.77. The quantitative estimate of drug-likeness (QED) is 0.462. The molecule has 0 saturated carbocycles. The van der Waals surface area contributed by atoms with Gasteiger partial charge in [0.2, 0.25) is 21.8 Å². The predicted molar refractivity (Wildman–Crippen MR) is 137 cm³/mol. The van der Waals surface area contributed by atoms with E-state index in [0.29, 0.717) is 18.7 Å². The number of carbonyl (C=O) groups is 2. The molecule has 1 N–H and O–H groups in total. The standard InChI is InChI=1S/C26H37N3O4S/c1-6-8-16-27-26(31)24(7-2)28(18-22-11-9-10-21(4)17-22)25(30)19-29(34(5,32)33)23-14-12-20(3)13-15-23/h9-15,17,24H,6-8,16,18-19H2,1-5H3,(H,27,31). The van der Waals surface area contributed by atoms with E-state index in [-0.39, 0.29) is 19.0 Å². The van der Waals surface area contributed by atoms with Gasteiger partial charge >= 0.3 is 0 Å². The summed E-state index contributed by atoms with van der Waals surface area (Å²) in [5, 5.41) is 2.92. The van der Waals surface area contributed by atoms with E-state index in [1.165, 1.54) is 4.90 Å². The van der Waals surface area contributed by atoms with E-state index < -0.39 is 22.0 Å². The van der Waals surface area contributed by atoms with Crippen LogP contribution in [0.1, 0.15) is 49.8 Å². The van der Waals surface area contributed by atoms with Gasteiger partial charge in [0.15, 0.2) is 0 Å². The predicted octanol–water partition coefficient (Wildman–Crippen LogP) is 3.79. The number of nitrogens with one attached hydrogen (secondary N) is 1. The Kier molecular flexibility index (Phi) is 10.1. The Labute approximate surface area is 204 Å². The molecule has 0 aliphatic carbocycles. The zero-order valence-electron chi connectivity index (χ0n) is 20.9. The molecule has 0 saturated heterocycles. The van der Waals surface area contributed by atoms with Crippen LogP contribution in [-0.2, 0) is 26.2 Å². The number of amides is 2. The first-order valence-corrected chi connectivity index (χ1v) is 13.6.